The Kier molecular flexibility index (Phi) is 4.09. The summed E-state index contributed by atoms with van der Waals surface area (Å²) < 4.78 is 31.7. The Morgan fingerprint density at radius 3 is 2.52 bits per heavy atom. The largest absolute Gasteiger partial charge is 0.361 e. The molecule has 7 nitrogen and oxygen atoms in total. The molecule has 25 heavy (non-hydrogen) atoms. The zero-order valence-corrected chi connectivity index (χ0v) is 14.5. The van der Waals surface area contributed by atoms with Gasteiger partial charge in [0.1, 0.15) is 5.76 Å². The highest BCUT2D eigenvalue weighted by Gasteiger charge is 2.28. The van der Waals surface area contributed by atoms with Crippen molar-refractivity contribution in [2.45, 2.75) is 30.7 Å². The third-order valence-electron chi connectivity index (χ3n) is 4.79. The van der Waals surface area contributed by atoms with Crippen LogP contribution < -0.4 is 0 Å². The smallest absolute Gasteiger partial charge is 0.254 e. The Morgan fingerprint density at radius 2 is 1.80 bits per heavy atom. The average molecular weight is 361 g/mol. The van der Waals surface area contributed by atoms with Crippen molar-refractivity contribution in [3.63, 3.8) is 0 Å². The maximum atomic E-state index is 12.7. The molecule has 8 heteroatoms. The van der Waals surface area contributed by atoms with Gasteiger partial charge in [-0.3, -0.25) is 4.79 Å². The Balaban J connectivity index is 1.51. The number of hydrogen-bond acceptors (Lipinski definition) is 5. The summed E-state index contributed by atoms with van der Waals surface area (Å²) in [6.07, 6.45) is 4.08. The third kappa shape index (κ3) is 2.96. The van der Waals surface area contributed by atoms with Gasteiger partial charge in [-0.1, -0.05) is 5.16 Å². The quantitative estimate of drug-likeness (QED) is 0.830. The molecule has 0 spiro atoms. The molecule has 1 aromatic carbocycles. The summed E-state index contributed by atoms with van der Waals surface area (Å²) in [6, 6.07) is 6.23. The molecule has 1 aromatic heterocycles. The molecule has 4 rings (SSSR count). The zero-order chi connectivity index (χ0) is 17.4. The van der Waals surface area contributed by atoms with E-state index in [1.165, 1.54) is 16.4 Å². The summed E-state index contributed by atoms with van der Waals surface area (Å²) >= 11 is 0. The van der Waals surface area contributed by atoms with Gasteiger partial charge in [0.15, 0.2) is 0 Å². The van der Waals surface area contributed by atoms with Gasteiger partial charge < -0.3 is 9.42 Å². The average Bonchev–Trinajstić information content (AvgIpc) is 3.32. The monoisotopic (exact) mass is 361 g/mol. The number of rotatable bonds is 3. The van der Waals surface area contributed by atoms with E-state index >= 15 is 0 Å². The predicted molar refractivity (Wildman–Crippen MR) is 89.4 cm³/mol. The van der Waals surface area contributed by atoms with Gasteiger partial charge >= 0.3 is 0 Å². The van der Waals surface area contributed by atoms with Crippen molar-refractivity contribution in [1.29, 1.82) is 0 Å². The summed E-state index contributed by atoms with van der Waals surface area (Å²) in [7, 11) is -3.45. The van der Waals surface area contributed by atoms with Crippen LogP contribution in [0.15, 0.2) is 39.9 Å². The number of carbonyl (C=O) groups is 1. The lowest BCUT2D eigenvalue weighted by Crippen LogP contribution is -2.35. The normalized spacial score (nSPS) is 18.3. The Labute approximate surface area is 146 Å². The minimum absolute atomic E-state index is 0.114. The molecule has 0 atom stereocenters. The van der Waals surface area contributed by atoms with Gasteiger partial charge in [-0.15, -0.1) is 0 Å². The van der Waals surface area contributed by atoms with Crippen LogP contribution in [0.3, 0.4) is 0 Å². The Hall–Kier alpha value is -2.19. The molecular formula is C17H19N3O4S. The van der Waals surface area contributed by atoms with Crippen molar-refractivity contribution < 1.29 is 17.7 Å². The van der Waals surface area contributed by atoms with Crippen LogP contribution in [0.1, 0.15) is 34.5 Å². The molecule has 2 aliphatic rings. The van der Waals surface area contributed by atoms with Crippen LogP contribution in [-0.4, -0.2) is 48.3 Å². The molecule has 0 unspecified atom stereocenters. The fourth-order valence-electron chi connectivity index (χ4n) is 3.34. The first-order valence-electron chi connectivity index (χ1n) is 8.37. The van der Waals surface area contributed by atoms with E-state index in [0.29, 0.717) is 38.2 Å². The van der Waals surface area contributed by atoms with Crippen molar-refractivity contribution in [2.75, 3.05) is 19.6 Å². The Bertz CT molecular complexity index is 883. The minimum atomic E-state index is -3.45. The lowest BCUT2D eigenvalue weighted by molar-refractivity contribution is 0.0729. The molecule has 1 saturated heterocycles. The summed E-state index contributed by atoms with van der Waals surface area (Å²) in [6.45, 7) is 2.16. The number of amides is 1. The fourth-order valence-corrected chi connectivity index (χ4v) is 4.86. The SMILES string of the molecule is O=C(c1ccc(S(=O)(=O)N2CCCC2)cc1)N1CCc2oncc2C1. The number of carbonyl (C=O) groups excluding carboxylic acids is 1. The molecule has 1 amide bonds. The van der Waals surface area contributed by atoms with Crippen LogP contribution in [0.2, 0.25) is 0 Å². The molecule has 2 aromatic rings. The van der Waals surface area contributed by atoms with E-state index in [0.717, 1.165) is 24.2 Å². The molecule has 1 fully saturated rings. The van der Waals surface area contributed by atoms with Gasteiger partial charge in [0.2, 0.25) is 10.0 Å². The van der Waals surface area contributed by atoms with Crippen LogP contribution in [0.4, 0.5) is 0 Å². The van der Waals surface area contributed by atoms with Gasteiger partial charge in [-0.25, -0.2) is 8.42 Å². The molecule has 0 saturated carbocycles. The van der Waals surface area contributed by atoms with Crippen molar-refractivity contribution in [3.8, 4) is 0 Å². The van der Waals surface area contributed by atoms with Crippen LogP contribution in [0.5, 0.6) is 0 Å². The van der Waals surface area contributed by atoms with Crippen molar-refractivity contribution >= 4 is 15.9 Å². The highest BCUT2D eigenvalue weighted by molar-refractivity contribution is 7.89. The zero-order valence-electron chi connectivity index (χ0n) is 13.7. The molecule has 2 aliphatic heterocycles. The highest BCUT2D eigenvalue weighted by atomic mass is 32.2. The van der Waals surface area contributed by atoms with Crippen molar-refractivity contribution in [3.05, 3.63) is 47.3 Å². The summed E-state index contributed by atoms with van der Waals surface area (Å²) in [4.78, 5) is 14.6. The molecule has 132 valence electrons. The standard InChI is InChI=1S/C17H19N3O4S/c21-17(19-10-7-16-14(12-19)11-18-24-16)13-3-5-15(6-4-13)25(22,23)20-8-1-2-9-20/h3-6,11H,1-2,7-10,12H2. The maximum absolute atomic E-state index is 12.7. The molecule has 0 aliphatic carbocycles. The van der Waals surface area contributed by atoms with Gasteiger partial charge in [0, 0.05) is 37.2 Å². The lowest BCUT2D eigenvalue weighted by atomic mass is 10.1. The molecule has 0 radical (unpaired) electrons. The predicted octanol–water partition coefficient (Wildman–Crippen LogP) is 1.66. The second kappa shape index (κ2) is 6.27. The number of aromatic nitrogens is 1. The van der Waals surface area contributed by atoms with Crippen LogP contribution in [-0.2, 0) is 23.0 Å². The van der Waals surface area contributed by atoms with E-state index in [9.17, 15) is 13.2 Å². The number of benzene rings is 1. The molecule has 3 heterocycles. The van der Waals surface area contributed by atoms with E-state index in [1.54, 1.807) is 23.2 Å². The summed E-state index contributed by atoms with van der Waals surface area (Å²) in [5.74, 6) is 0.716. The van der Waals surface area contributed by atoms with Gasteiger partial charge in [-0.05, 0) is 37.1 Å². The van der Waals surface area contributed by atoms with Crippen LogP contribution in [0.25, 0.3) is 0 Å². The summed E-state index contributed by atoms with van der Waals surface area (Å²) in [5.41, 5.74) is 1.41. The van der Waals surface area contributed by atoms with E-state index in [-0.39, 0.29) is 10.8 Å². The topological polar surface area (TPSA) is 83.7 Å². The van der Waals surface area contributed by atoms with E-state index in [4.69, 9.17) is 4.52 Å². The summed E-state index contributed by atoms with van der Waals surface area (Å²) in [5, 5.41) is 3.76. The molecule has 0 N–H and O–H groups in total. The molecular weight excluding hydrogens is 342 g/mol. The second-order valence-electron chi connectivity index (χ2n) is 6.39. The highest BCUT2D eigenvalue weighted by Crippen LogP contribution is 2.23. The third-order valence-corrected chi connectivity index (χ3v) is 6.70. The van der Waals surface area contributed by atoms with Crippen LogP contribution in [0, 0.1) is 0 Å². The van der Waals surface area contributed by atoms with E-state index in [1.807, 2.05) is 0 Å². The first-order valence-corrected chi connectivity index (χ1v) is 9.81. The maximum Gasteiger partial charge on any atom is 0.254 e. The first kappa shape index (κ1) is 16.3. The Morgan fingerprint density at radius 1 is 1.08 bits per heavy atom. The number of hydrogen-bond donors (Lipinski definition) is 0. The first-order chi connectivity index (χ1) is 12.1. The number of fused-ring (bicyclic) bond motifs is 1. The second-order valence-corrected chi connectivity index (χ2v) is 8.32. The van der Waals surface area contributed by atoms with Gasteiger partial charge in [0.25, 0.3) is 5.91 Å². The van der Waals surface area contributed by atoms with Crippen molar-refractivity contribution in [2.24, 2.45) is 0 Å². The van der Waals surface area contributed by atoms with Crippen LogP contribution >= 0.6 is 0 Å². The van der Waals surface area contributed by atoms with E-state index in [2.05, 4.69) is 5.16 Å². The van der Waals surface area contributed by atoms with Gasteiger partial charge in [0.05, 0.1) is 17.6 Å². The number of sulfonamides is 1. The van der Waals surface area contributed by atoms with Gasteiger partial charge in [-0.2, -0.15) is 4.31 Å². The fraction of sp³-hybridized carbons (Fsp3) is 0.412. The van der Waals surface area contributed by atoms with Crippen molar-refractivity contribution in [1.82, 2.24) is 14.4 Å². The number of nitrogens with zero attached hydrogens (tertiary/aromatic N) is 3. The molecule has 0 bridgehead atoms. The van der Waals surface area contributed by atoms with E-state index < -0.39 is 10.0 Å². The minimum Gasteiger partial charge on any atom is -0.361 e. The lowest BCUT2D eigenvalue weighted by Gasteiger charge is -2.25.